The third kappa shape index (κ3) is 63.0. The van der Waals surface area contributed by atoms with Crippen molar-refractivity contribution in [3.05, 3.63) is 0 Å². The quantitative estimate of drug-likeness (QED) is 0.347. The van der Waals surface area contributed by atoms with Crippen molar-refractivity contribution in [3.63, 3.8) is 0 Å². The van der Waals surface area contributed by atoms with Crippen LogP contribution in [0.5, 0.6) is 0 Å². The van der Waals surface area contributed by atoms with Gasteiger partial charge in [-0.25, -0.2) is 0 Å². The summed E-state index contributed by atoms with van der Waals surface area (Å²) in [5.74, 6) is -6.67. The normalized spacial score (nSPS) is 8.59. The van der Waals surface area contributed by atoms with E-state index in [2.05, 4.69) is 0 Å². The minimum Gasteiger partial charge on any atom is -0.550 e. The standard InChI is InChI=1S/5C4H8O2.Al.Mg/c5*1-3(2)4(5)6;;/h5*3H,1-2H3,(H,5,6);;/q;;;;;+3;+2/p-5. The number of hydrogen-bond donors (Lipinski definition) is 0. The van der Waals surface area contributed by atoms with Gasteiger partial charge in [0.05, 0.1) is 0 Å². The molecular weight excluding hydrogens is 451 g/mol. The molecule has 0 atom stereocenters. The van der Waals surface area contributed by atoms with Crippen LogP contribution in [-0.4, -0.2) is 70.3 Å². The van der Waals surface area contributed by atoms with Crippen LogP contribution in [0, 0.1) is 29.6 Å². The van der Waals surface area contributed by atoms with Crippen LogP contribution in [0.4, 0.5) is 0 Å². The molecule has 0 amide bonds. The van der Waals surface area contributed by atoms with Crippen molar-refractivity contribution in [1.82, 2.24) is 0 Å². The van der Waals surface area contributed by atoms with Crippen molar-refractivity contribution >= 4 is 70.3 Å². The monoisotopic (exact) mass is 486 g/mol. The molecule has 0 aromatic heterocycles. The number of rotatable bonds is 5. The van der Waals surface area contributed by atoms with E-state index in [1.54, 1.807) is 69.2 Å². The number of hydrogen-bond acceptors (Lipinski definition) is 10. The molecule has 0 spiro atoms. The van der Waals surface area contributed by atoms with Crippen molar-refractivity contribution < 1.29 is 49.5 Å². The third-order valence-electron chi connectivity index (χ3n) is 2.36. The van der Waals surface area contributed by atoms with Gasteiger partial charge in [0.2, 0.25) is 0 Å². The van der Waals surface area contributed by atoms with E-state index in [9.17, 15) is 49.5 Å². The Morgan fingerprint density at radius 2 is 0.406 bits per heavy atom. The van der Waals surface area contributed by atoms with Gasteiger partial charge in [-0.1, -0.05) is 69.2 Å². The summed E-state index contributed by atoms with van der Waals surface area (Å²) >= 11 is 0. The van der Waals surface area contributed by atoms with Gasteiger partial charge in [-0.05, 0) is 29.6 Å². The summed E-state index contributed by atoms with van der Waals surface area (Å²) in [5.41, 5.74) is 0. The number of carbonyl (C=O) groups excluding carboxylic acids is 5. The molecular formula is C20H35AlMgO10. The Labute approximate surface area is 218 Å². The number of aliphatic carboxylic acids is 5. The minimum absolute atomic E-state index is 0. The van der Waals surface area contributed by atoms with Crippen LogP contribution in [0.25, 0.3) is 0 Å². The summed E-state index contributed by atoms with van der Waals surface area (Å²) in [7, 11) is 0. The van der Waals surface area contributed by atoms with Gasteiger partial charge in [0.25, 0.3) is 0 Å². The summed E-state index contributed by atoms with van der Waals surface area (Å²) in [5, 5.41) is 47.9. The molecule has 32 heavy (non-hydrogen) atoms. The van der Waals surface area contributed by atoms with E-state index in [4.69, 9.17) is 0 Å². The van der Waals surface area contributed by atoms with Crippen molar-refractivity contribution in [2.45, 2.75) is 69.2 Å². The van der Waals surface area contributed by atoms with E-state index in [-0.39, 0.29) is 70.0 Å². The van der Waals surface area contributed by atoms with Crippen LogP contribution in [0.3, 0.4) is 0 Å². The minimum atomic E-state index is -0.991. The zero-order valence-electron chi connectivity index (χ0n) is 20.8. The molecule has 0 saturated heterocycles. The van der Waals surface area contributed by atoms with Crippen LogP contribution in [0.1, 0.15) is 69.2 Å². The molecule has 0 aromatic carbocycles. The number of carboxylic acids is 5. The van der Waals surface area contributed by atoms with Gasteiger partial charge in [0, 0.05) is 29.8 Å². The molecule has 0 radical (unpaired) electrons. The molecule has 0 N–H and O–H groups in total. The molecule has 0 unspecified atom stereocenters. The van der Waals surface area contributed by atoms with Gasteiger partial charge >= 0.3 is 40.4 Å². The molecule has 0 saturated carbocycles. The van der Waals surface area contributed by atoms with Gasteiger partial charge in [-0.15, -0.1) is 0 Å². The predicted octanol–water partition coefficient (Wildman–Crippen LogP) is -3.80. The van der Waals surface area contributed by atoms with Crippen molar-refractivity contribution in [2.75, 3.05) is 0 Å². The van der Waals surface area contributed by atoms with Crippen molar-refractivity contribution in [1.29, 1.82) is 0 Å². The van der Waals surface area contributed by atoms with E-state index >= 15 is 0 Å². The maximum absolute atomic E-state index is 9.59. The van der Waals surface area contributed by atoms with Gasteiger partial charge in [-0.2, -0.15) is 0 Å². The maximum Gasteiger partial charge on any atom is 3.00 e. The van der Waals surface area contributed by atoms with E-state index in [1.165, 1.54) is 0 Å². The Morgan fingerprint density at radius 1 is 0.375 bits per heavy atom. The topological polar surface area (TPSA) is 201 Å². The first-order valence-electron chi connectivity index (χ1n) is 9.26. The fraction of sp³-hybridized carbons (Fsp3) is 0.750. The first-order valence-corrected chi connectivity index (χ1v) is 9.26. The second-order valence-corrected chi connectivity index (χ2v) is 7.37. The Morgan fingerprint density at radius 3 is 0.406 bits per heavy atom. The van der Waals surface area contributed by atoms with E-state index in [1.807, 2.05) is 0 Å². The SMILES string of the molecule is CC(C)C(=O)[O-].CC(C)C(=O)[O-].CC(C)C(=O)[O-].CC(C)C(=O)[O-].CC(C)C(=O)[O-].[Al+3].[Mg+2]. The molecule has 0 aliphatic heterocycles. The number of carboxylic acid groups (broad SMARTS) is 5. The van der Waals surface area contributed by atoms with Crippen molar-refractivity contribution in [3.8, 4) is 0 Å². The van der Waals surface area contributed by atoms with Gasteiger partial charge in [0.15, 0.2) is 0 Å². The molecule has 0 aliphatic carbocycles. The molecule has 0 fully saturated rings. The zero-order chi connectivity index (χ0) is 25.8. The van der Waals surface area contributed by atoms with Gasteiger partial charge in [-0.3, -0.25) is 0 Å². The molecule has 180 valence electrons. The molecule has 0 heterocycles. The molecule has 0 bridgehead atoms. The van der Waals surface area contributed by atoms with Crippen LogP contribution in [0.2, 0.25) is 0 Å². The average molecular weight is 487 g/mol. The van der Waals surface area contributed by atoms with Crippen LogP contribution in [-0.2, 0) is 24.0 Å². The second-order valence-electron chi connectivity index (χ2n) is 7.37. The molecule has 12 heteroatoms. The van der Waals surface area contributed by atoms with Crippen LogP contribution >= 0.6 is 0 Å². The average Bonchev–Trinajstić information content (AvgIpc) is 2.56. The summed E-state index contributed by atoms with van der Waals surface area (Å²) < 4.78 is 0. The molecule has 0 aromatic rings. The Bertz CT molecular complexity index is 400. The summed E-state index contributed by atoms with van der Waals surface area (Å²) in [6.45, 7) is 15.8. The van der Waals surface area contributed by atoms with E-state index < -0.39 is 29.8 Å². The fourth-order valence-corrected chi connectivity index (χ4v) is 0. The van der Waals surface area contributed by atoms with Crippen LogP contribution in [0.15, 0.2) is 0 Å². The predicted molar refractivity (Wildman–Crippen MR) is 111 cm³/mol. The van der Waals surface area contributed by atoms with E-state index in [0.717, 1.165) is 0 Å². The molecule has 0 rings (SSSR count). The Hall–Kier alpha value is -1.35. The first-order chi connectivity index (χ1) is 13.2. The first kappa shape index (κ1) is 48.2. The summed E-state index contributed by atoms with van der Waals surface area (Å²) in [4.78, 5) is 47.9. The van der Waals surface area contributed by atoms with Gasteiger partial charge < -0.3 is 49.5 Å². The smallest absolute Gasteiger partial charge is 0.550 e. The summed E-state index contributed by atoms with van der Waals surface area (Å²) in [6, 6.07) is 0. The second kappa shape index (κ2) is 29.6. The zero-order valence-corrected chi connectivity index (χ0v) is 23.3. The third-order valence-corrected chi connectivity index (χ3v) is 2.36. The Kier molecular flexibility index (Phi) is 44.6. The largest absolute Gasteiger partial charge is 3.00 e. The van der Waals surface area contributed by atoms with Gasteiger partial charge in [0.1, 0.15) is 0 Å². The number of carbonyl (C=O) groups is 5. The van der Waals surface area contributed by atoms with E-state index in [0.29, 0.717) is 0 Å². The fourth-order valence-electron chi connectivity index (χ4n) is 0. The van der Waals surface area contributed by atoms with Crippen molar-refractivity contribution in [2.24, 2.45) is 29.6 Å². The molecule has 10 nitrogen and oxygen atoms in total. The Balaban J connectivity index is -0.0000000481. The summed E-state index contributed by atoms with van der Waals surface area (Å²) in [6.07, 6.45) is 0. The maximum atomic E-state index is 9.59. The van der Waals surface area contributed by atoms with Crippen LogP contribution < -0.4 is 25.5 Å². The molecule has 0 aliphatic rings.